The first-order valence-electron chi connectivity index (χ1n) is 5.16. The van der Waals surface area contributed by atoms with Gasteiger partial charge >= 0.3 is 11.9 Å². The van der Waals surface area contributed by atoms with Crippen LogP contribution in [0.4, 0.5) is 0 Å². The second-order valence-corrected chi connectivity index (χ2v) is 3.63. The molecule has 18 heavy (non-hydrogen) atoms. The van der Waals surface area contributed by atoms with Gasteiger partial charge in [0.2, 0.25) is 5.82 Å². The molecule has 0 amide bonds. The van der Waals surface area contributed by atoms with E-state index < -0.39 is 11.9 Å². The third kappa shape index (κ3) is 1.60. The van der Waals surface area contributed by atoms with E-state index in [9.17, 15) is 4.79 Å². The quantitative estimate of drug-likeness (QED) is 0.737. The maximum atomic E-state index is 10.7. The van der Waals surface area contributed by atoms with Gasteiger partial charge in [-0.15, -0.1) is 0 Å². The van der Waals surface area contributed by atoms with Crippen LogP contribution in [0.1, 0.15) is 10.7 Å². The summed E-state index contributed by atoms with van der Waals surface area (Å²) in [7, 11) is 0. The highest BCUT2D eigenvalue weighted by atomic mass is 16.5. The summed E-state index contributed by atoms with van der Waals surface area (Å²) < 4.78 is 4.65. The van der Waals surface area contributed by atoms with Gasteiger partial charge in [-0.05, 0) is 11.5 Å². The molecule has 0 fully saturated rings. The van der Waals surface area contributed by atoms with Crippen molar-refractivity contribution >= 4 is 16.7 Å². The van der Waals surface area contributed by atoms with Gasteiger partial charge in [0.25, 0.3) is 0 Å². The van der Waals surface area contributed by atoms with Gasteiger partial charge in [-0.3, -0.25) is 4.98 Å². The standard InChI is InChI=1S/C12H7N3O3/c16-12(17)11-14-10(15-18-11)9-3-1-2-7-6-13-5-4-8(7)9/h1-6H,(H,16,17). The summed E-state index contributed by atoms with van der Waals surface area (Å²) in [6.45, 7) is 0. The molecule has 3 aromatic rings. The van der Waals surface area contributed by atoms with Crippen LogP contribution in [0.25, 0.3) is 22.2 Å². The molecule has 1 N–H and O–H groups in total. The van der Waals surface area contributed by atoms with Crippen molar-refractivity contribution in [3.63, 3.8) is 0 Å². The van der Waals surface area contributed by atoms with Crippen molar-refractivity contribution in [2.75, 3.05) is 0 Å². The Bertz CT molecular complexity index is 731. The number of carboxylic acids is 1. The lowest BCUT2D eigenvalue weighted by Gasteiger charge is -2.00. The number of hydrogen-bond acceptors (Lipinski definition) is 5. The molecule has 0 spiro atoms. The van der Waals surface area contributed by atoms with Crippen molar-refractivity contribution in [1.29, 1.82) is 0 Å². The van der Waals surface area contributed by atoms with Crippen LogP contribution in [-0.2, 0) is 0 Å². The highest BCUT2D eigenvalue weighted by Gasteiger charge is 2.15. The smallest absolute Gasteiger partial charge is 0.394 e. The fraction of sp³-hybridized carbons (Fsp3) is 0. The molecule has 6 heteroatoms. The molecule has 0 bridgehead atoms. The van der Waals surface area contributed by atoms with Crippen molar-refractivity contribution < 1.29 is 14.4 Å². The van der Waals surface area contributed by atoms with Gasteiger partial charge in [0.1, 0.15) is 0 Å². The van der Waals surface area contributed by atoms with Gasteiger partial charge in [-0.2, -0.15) is 4.98 Å². The molecule has 2 heterocycles. The number of carbonyl (C=O) groups is 1. The minimum absolute atomic E-state index is 0.254. The van der Waals surface area contributed by atoms with Gasteiger partial charge in [0.15, 0.2) is 0 Å². The van der Waals surface area contributed by atoms with E-state index in [0.29, 0.717) is 5.56 Å². The lowest BCUT2D eigenvalue weighted by molar-refractivity contribution is 0.0643. The van der Waals surface area contributed by atoms with Crippen molar-refractivity contribution in [3.05, 3.63) is 42.5 Å². The van der Waals surface area contributed by atoms with Crippen LogP contribution in [-0.4, -0.2) is 26.2 Å². The highest BCUT2D eigenvalue weighted by Crippen LogP contribution is 2.25. The molecule has 0 aliphatic carbocycles. The number of fused-ring (bicyclic) bond motifs is 1. The van der Waals surface area contributed by atoms with Crippen molar-refractivity contribution in [1.82, 2.24) is 15.1 Å². The molecule has 0 saturated carbocycles. The first-order chi connectivity index (χ1) is 8.75. The van der Waals surface area contributed by atoms with Crippen LogP contribution in [0, 0.1) is 0 Å². The molecule has 2 aromatic heterocycles. The van der Waals surface area contributed by atoms with Crippen molar-refractivity contribution in [3.8, 4) is 11.4 Å². The Morgan fingerprint density at radius 2 is 2.17 bits per heavy atom. The highest BCUT2D eigenvalue weighted by molar-refractivity contribution is 5.94. The number of pyridine rings is 1. The maximum Gasteiger partial charge on any atom is 0.394 e. The summed E-state index contributed by atoms with van der Waals surface area (Å²) in [6.07, 6.45) is 3.38. The van der Waals surface area contributed by atoms with E-state index >= 15 is 0 Å². The van der Waals surface area contributed by atoms with Crippen LogP contribution < -0.4 is 0 Å². The number of aromatic carboxylic acids is 1. The van der Waals surface area contributed by atoms with E-state index in [1.807, 2.05) is 18.2 Å². The molecule has 88 valence electrons. The molecule has 0 atom stereocenters. The topological polar surface area (TPSA) is 89.1 Å². The van der Waals surface area contributed by atoms with E-state index in [-0.39, 0.29) is 5.82 Å². The average molecular weight is 241 g/mol. The minimum Gasteiger partial charge on any atom is -0.474 e. The molecular formula is C12H7N3O3. The Hall–Kier alpha value is -2.76. The van der Waals surface area contributed by atoms with Crippen molar-refractivity contribution in [2.45, 2.75) is 0 Å². The molecule has 0 unspecified atom stereocenters. The maximum absolute atomic E-state index is 10.7. The zero-order valence-corrected chi connectivity index (χ0v) is 9.07. The third-order valence-electron chi connectivity index (χ3n) is 2.53. The lowest BCUT2D eigenvalue weighted by atomic mass is 10.1. The second-order valence-electron chi connectivity index (χ2n) is 3.63. The Morgan fingerprint density at radius 1 is 1.28 bits per heavy atom. The molecule has 3 rings (SSSR count). The van der Waals surface area contributed by atoms with E-state index in [1.54, 1.807) is 18.5 Å². The zero-order chi connectivity index (χ0) is 12.5. The second kappa shape index (κ2) is 3.92. The van der Waals surface area contributed by atoms with Crippen molar-refractivity contribution in [2.24, 2.45) is 0 Å². The summed E-state index contributed by atoms with van der Waals surface area (Å²) in [6, 6.07) is 7.36. The van der Waals surface area contributed by atoms with E-state index in [1.165, 1.54) is 0 Å². The molecule has 0 radical (unpaired) electrons. The molecular weight excluding hydrogens is 234 g/mol. The average Bonchev–Trinajstić information content (AvgIpc) is 2.87. The molecule has 0 saturated heterocycles. The number of rotatable bonds is 2. The van der Waals surface area contributed by atoms with Gasteiger partial charge in [-0.1, -0.05) is 23.4 Å². The molecule has 0 aliphatic heterocycles. The number of aromatic nitrogens is 3. The first-order valence-corrected chi connectivity index (χ1v) is 5.16. The Morgan fingerprint density at radius 3 is 2.94 bits per heavy atom. The SMILES string of the molecule is O=C(O)c1nc(-c2cccc3cnccc23)no1. The predicted octanol–water partition coefficient (Wildman–Crippen LogP) is 1.98. The van der Waals surface area contributed by atoms with Gasteiger partial charge in [-0.25, -0.2) is 4.79 Å². The lowest BCUT2D eigenvalue weighted by Crippen LogP contribution is -1.95. The fourth-order valence-corrected chi connectivity index (χ4v) is 1.74. The first kappa shape index (κ1) is 10.4. The summed E-state index contributed by atoms with van der Waals surface area (Å²) in [5.74, 6) is -1.41. The minimum atomic E-state index is -1.24. The number of benzene rings is 1. The molecule has 1 aromatic carbocycles. The summed E-state index contributed by atoms with van der Waals surface area (Å²) in [4.78, 5) is 18.6. The van der Waals surface area contributed by atoms with Crippen LogP contribution in [0.2, 0.25) is 0 Å². The van der Waals surface area contributed by atoms with Crippen LogP contribution in [0.3, 0.4) is 0 Å². The third-order valence-corrected chi connectivity index (χ3v) is 2.53. The number of carboxylic acid groups (broad SMARTS) is 1. The molecule has 6 nitrogen and oxygen atoms in total. The van der Waals surface area contributed by atoms with Gasteiger partial charge in [0.05, 0.1) is 0 Å². The summed E-state index contributed by atoms with van der Waals surface area (Å²) in [5.41, 5.74) is 0.714. The van der Waals surface area contributed by atoms with E-state index in [4.69, 9.17) is 5.11 Å². The van der Waals surface area contributed by atoms with Gasteiger partial charge in [0, 0.05) is 23.3 Å². The predicted molar refractivity (Wildman–Crippen MR) is 62.0 cm³/mol. The van der Waals surface area contributed by atoms with E-state index in [2.05, 4.69) is 19.6 Å². The summed E-state index contributed by atoms with van der Waals surface area (Å²) in [5, 5.41) is 14.2. The molecule has 0 aliphatic rings. The normalized spacial score (nSPS) is 10.7. The Labute approximate surface area is 101 Å². The van der Waals surface area contributed by atoms with E-state index in [0.717, 1.165) is 10.8 Å². The fourth-order valence-electron chi connectivity index (χ4n) is 1.74. The van der Waals surface area contributed by atoms with Crippen LogP contribution in [0.15, 0.2) is 41.2 Å². The van der Waals surface area contributed by atoms with Crippen LogP contribution >= 0.6 is 0 Å². The number of hydrogen-bond donors (Lipinski definition) is 1. The number of nitrogens with zero attached hydrogens (tertiary/aromatic N) is 3. The van der Waals surface area contributed by atoms with Crippen LogP contribution in [0.5, 0.6) is 0 Å². The monoisotopic (exact) mass is 241 g/mol. The Balaban J connectivity index is 2.21. The zero-order valence-electron chi connectivity index (χ0n) is 9.07. The summed E-state index contributed by atoms with van der Waals surface area (Å²) >= 11 is 0. The Kier molecular flexibility index (Phi) is 2.26. The van der Waals surface area contributed by atoms with Gasteiger partial charge < -0.3 is 9.63 Å². The largest absolute Gasteiger partial charge is 0.474 e.